The zero-order valence-electron chi connectivity index (χ0n) is 17.8. The average molecular weight is 524 g/mol. The minimum Gasteiger partial charge on any atom is -0.383 e. The van der Waals surface area contributed by atoms with E-state index in [9.17, 15) is 0 Å². The number of aliphatic imine (C=N–C) groups is 1. The Labute approximate surface area is 192 Å². The maximum absolute atomic E-state index is 5.12. The van der Waals surface area contributed by atoms with Gasteiger partial charge in [0.1, 0.15) is 0 Å². The summed E-state index contributed by atoms with van der Waals surface area (Å²) in [7, 11) is 5.69. The van der Waals surface area contributed by atoms with Crippen LogP contribution in [-0.2, 0) is 4.74 Å². The summed E-state index contributed by atoms with van der Waals surface area (Å²) >= 11 is 1.85. The number of thiophene rings is 1. The number of nitrogens with one attached hydrogen (secondary N) is 2. The molecule has 1 aromatic heterocycles. The van der Waals surface area contributed by atoms with Gasteiger partial charge in [0, 0.05) is 45.2 Å². The van der Waals surface area contributed by atoms with Crippen LogP contribution in [0.1, 0.15) is 30.7 Å². The SMILES string of the molecule is CN=C(NCCN(C)CCOC)NCC(c1cccs1)N1CCC(C)CC1.I. The molecule has 1 unspecified atom stereocenters. The number of likely N-dealkylation sites (N-methyl/N-ethyl adjacent to an activating group) is 1. The van der Waals surface area contributed by atoms with Crippen LogP contribution in [0.25, 0.3) is 0 Å². The predicted octanol–water partition coefficient (Wildman–Crippen LogP) is 2.88. The van der Waals surface area contributed by atoms with Crippen LogP contribution in [0, 0.1) is 5.92 Å². The molecule has 0 bridgehead atoms. The standard InChI is InChI=1S/C20H37N5OS.HI/c1-17-7-10-25(11-8-17)18(19-6-5-15-27-19)16-23-20(21-2)22-9-12-24(3)13-14-26-4;/h5-6,15,17-18H,7-14,16H2,1-4H3,(H2,21,22,23);1H. The van der Waals surface area contributed by atoms with Gasteiger partial charge < -0.3 is 20.3 Å². The number of rotatable bonds is 10. The van der Waals surface area contributed by atoms with Gasteiger partial charge in [0.15, 0.2) is 5.96 Å². The van der Waals surface area contributed by atoms with Crippen LogP contribution in [0.2, 0.25) is 0 Å². The van der Waals surface area contributed by atoms with E-state index in [1.165, 1.54) is 30.8 Å². The summed E-state index contributed by atoms with van der Waals surface area (Å²) in [5.41, 5.74) is 0. The van der Waals surface area contributed by atoms with Crippen molar-refractivity contribution in [1.82, 2.24) is 20.4 Å². The van der Waals surface area contributed by atoms with Crippen molar-refractivity contribution in [3.05, 3.63) is 22.4 Å². The molecule has 1 aliphatic heterocycles. The molecule has 8 heteroatoms. The van der Waals surface area contributed by atoms with Crippen molar-refractivity contribution in [2.75, 3.05) is 67.1 Å². The summed E-state index contributed by atoms with van der Waals surface area (Å²) in [6, 6.07) is 4.83. The fourth-order valence-electron chi connectivity index (χ4n) is 3.37. The average Bonchev–Trinajstić information content (AvgIpc) is 3.20. The summed E-state index contributed by atoms with van der Waals surface area (Å²) in [5.74, 6) is 1.73. The van der Waals surface area contributed by atoms with Gasteiger partial charge in [-0.15, -0.1) is 35.3 Å². The number of piperidine rings is 1. The van der Waals surface area contributed by atoms with Gasteiger partial charge in [-0.25, -0.2) is 0 Å². The molecule has 1 aliphatic rings. The van der Waals surface area contributed by atoms with Crippen molar-refractivity contribution in [2.45, 2.75) is 25.8 Å². The number of guanidine groups is 1. The number of methoxy groups -OCH3 is 1. The monoisotopic (exact) mass is 523 g/mol. The molecule has 1 saturated heterocycles. The molecule has 28 heavy (non-hydrogen) atoms. The van der Waals surface area contributed by atoms with E-state index in [4.69, 9.17) is 4.74 Å². The van der Waals surface area contributed by atoms with Crippen molar-refractivity contribution >= 4 is 41.3 Å². The number of nitrogens with zero attached hydrogens (tertiary/aromatic N) is 3. The van der Waals surface area contributed by atoms with Crippen LogP contribution >= 0.6 is 35.3 Å². The highest BCUT2D eigenvalue weighted by Gasteiger charge is 2.25. The molecule has 0 saturated carbocycles. The second kappa shape index (κ2) is 14.5. The van der Waals surface area contributed by atoms with Crippen LogP contribution in [0.3, 0.4) is 0 Å². The highest BCUT2D eigenvalue weighted by molar-refractivity contribution is 14.0. The third-order valence-corrected chi connectivity index (χ3v) is 6.25. The Kier molecular flexibility index (Phi) is 13.3. The molecule has 6 nitrogen and oxygen atoms in total. The van der Waals surface area contributed by atoms with Gasteiger partial charge in [-0.1, -0.05) is 13.0 Å². The van der Waals surface area contributed by atoms with E-state index in [2.05, 4.69) is 56.9 Å². The van der Waals surface area contributed by atoms with E-state index in [0.717, 1.165) is 44.7 Å². The Morgan fingerprint density at radius 2 is 2.11 bits per heavy atom. The van der Waals surface area contributed by atoms with Crippen molar-refractivity contribution in [2.24, 2.45) is 10.9 Å². The van der Waals surface area contributed by atoms with Crippen LogP contribution in [0.15, 0.2) is 22.5 Å². The summed E-state index contributed by atoms with van der Waals surface area (Å²) in [5, 5.41) is 9.15. The lowest BCUT2D eigenvalue weighted by molar-refractivity contribution is 0.140. The molecule has 2 heterocycles. The topological polar surface area (TPSA) is 52.1 Å². The first-order chi connectivity index (χ1) is 13.1. The molecule has 0 spiro atoms. The molecule has 0 radical (unpaired) electrons. The van der Waals surface area contributed by atoms with Gasteiger partial charge in [-0.3, -0.25) is 9.89 Å². The van der Waals surface area contributed by atoms with Gasteiger partial charge in [0.05, 0.1) is 12.6 Å². The van der Waals surface area contributed by atoms with Crippen LogP contribution in [0.4, 0.5) is 0 Å². The Balaban J connectivity index is 0.00000392. The molecular formula is C20H38IN5OS. The number of halogens is 1. The molecule has 2 rings (SSSR count). The molecule has 0 aromatic carbocycles. The molecule has 0 aliphatic carbocycles. The molecular weight excluding hydrogens is 485 g/mol. The van der Waals surface area contributed by atoms with Gasteiger partial charge in [0.25, 0.3) is 0 Å². The zero-order valence-corrected chi connectivity index (χ0v) is 21.0. The highest BCUT2D eigenvalue weighted by Crippen LogP contribution is 2.28. The van der Waals surface area contributed by atoms with E-state index in [-0.39, 0.29) is 24.0 Å². The second-order valence-electron chi connectivity index (χ2n) is 7.43. The van der Waals surface area contributed by atoms with E-state index >= 15 is 0 Å². The molecule has 1 aromatic rings. The summed E-state index contributed by atoms with van der Waals surface area (Å²) in [4.78, 5) is 10.7. The quantitative estimate of drug-likeness (QED) is 0.281. The predicted molar refractivity (Wildman–Crippen MR) is 131 cm³/mol. The first kappa shape index (κ1) is 25.6. The number of hydrogen-bond donors (Lipinski definition) is 2. The summed E-state index contributed by atoms with van der Waals surface area (Å²) in [6.45, 7) is 9.15. The Hall–Kier alpha value is -0.420. The van der Waals surface area contributed by atoms with E-state index in [1.54, 1.807) is 7.11 Å². The van der Waals surface area contributed by atoms with Gasteiger partial charge in [-0.05, 0) is 50.3 Å². The first-order valence-corrected chi connectivity index (χ1v) is 10.9. The fraction of sp³-hybridized carbons (Fsp3) is 0.750. The highest BCUT2D eigenvalue weighted by atomic mass is 127. The Bertz CT molecular complexity index is 535. The van der Waals surface area contributed by atoms with Gasteiger partial charge in [0.2, 0.25) is 0 Å². The lowest BCUT2D eigenvalue weighted by Crippen LogP contribution is -2.46. The van der Waals surface area contributed by atoms with Crippen LogP contribution in [0.5, 0.6) is 0 Å². The lowest BCUT2D eigenvalue weighted by Gasteiger charge is -2.36. The molecule has 2 N–H and O–H groups in total. The van der Waals surface area contributed by atoms with E-state index in [1.807, 2.05) is 18.4 Å². The number of ether oxygens (including phenoxy) is 1. The molecule has 1 fully saturated rings. The number of likely N-dealkylation sites (tertiary alicyclic amines) is 1. The fourth-order valence-corrected chi connectivity index (χ4v) is 4.23. The smallest absolute Gasteiger partial charge is 0.191 e. The molecule has 1 atom stereocenters. The minimum absolute atomic E-state index is 0. The van der Waals surface area contributed by atoms with Crippen molar-refractivity contribution in [3.8, 4) is 0 Å². The molecule has 162 valence electrons. The molecule has 0 amide bonds. The maximum Gasteiger partial charge on any atom is 0.191 e. The third-order valence-electron chi connectivity index (χ3n) is 5.28. The first-order valence-electron chi connectivity index (χ1n) is 10.0. The van der Waals surface area contributed by atoms with Crippen LogP contribution in [-0.4, -0.2) is 82.8 Å². The lowest BCUT2D eigenvalue weighted by atomic mass is 9.97. The third kappa shape index (κ3) is 8.94. The number of hydrogen-bond acceptors (Lipinski definition) is 5. The summed E-state index contributed by atoms with van der Waals surface area (Å²) < 4.78 is 5.12. The Morgan fingerprint density at radius 3 is 2.71 bits per heavy atom. The zero-order chi connectivity index (χ0) is 19.5. The van der Waals surface area contributed by atoms with Gasteiger partial charge in [-0.2, -0.15) is 0 Å². The maximum atomic E-state index is 5.12. The van der Waals surface area contributed by atoms with Crippen LogP contribution < -0.4 is 10.6 Å². The second-order valence-corrected chi connectivity index (χ2v) is 8.40. The van der Waals surface area contributed by atoms with E-state index in [0.29, 0.717) is 6.04 Å². The van der Waals surface area contributed by atoms with Crippen molar-refractivity contribution in [3.63, 3.8) is 0 Å². The van der Waals surface area contributed by atoms with Crippen molar-refractivity contribution < 1.29 is 4.74 Å². The Morgan fingerprint density at radius 1 is 1.36 bits per heavy atom. The minimum atomic E-state index is 0. The van der Waals surface area contributed by atoms with Crippen molar-refractivity contribution in [1.29, 1.82) is 0 Å². The van der Waals surface area contributed by atoms with Gasteiger partial charge >= 0.3 is 0 Å². The summed E-state index contributed by atoms with van der Waals surface area (Å²) in [6.07, 6.45) is 2.59. The van der Waals surface area contributed by atoms with E-state index < -0.39 is 0 Å². The normalized spacial score (nSPS) is 17.4. The largest absolute Gasteiger partial charge is 0.383 e.